The molecule has 3 heterocycles. The highest BCUT2D eigenvalue weighted by Crippen LogP contribution is 2.40. The number of benzene rings is 1. The van der Waals surface area contributed by atoms with Gasteiger partial charge in [0.1, 0.15) is 16.3 Å². The minimum atomic E-state index is -4.82. The van der Waals surface area contributed by atoms with Gasteiger partial charge in [-0.1, -0.05) is 0 Å². The van der Waals surface area contributed by atoms with E-state index >= 15 is 0 Å². The lowest BCUT2D eigenvalue weighted by Crippen LogP contribution is -2.63. The van der Waals surface area contributed by atoms with E-state index in [2.05, 4.69) is 25.5 Å². The molecule has 0 unspecified atom stereocenters. The second-order valence-corrected chi connectivity index (χ2v) is 10.8. The molecule has 5 rings (SSSR count). The van der Waals surface area contributed by atoms with Gasteiger partial charge >= 0.3 is 12.4 Å². The van der Waals surface area contributed by atoms with Crippen LogP contribution < -0.4 is 10.6 Å². The minimum Gasteiger partial charge on any atom is -0.383 e. The van der Waals surface area contributed by atoms with Gasteiger partial charge in [0.25, 0.3) is 0 Å². The number of carbonyl (C=O) groups excluding carboxylic acids is 1. The summed E-state index contributed by atoms with van der Waals surface area (Å²) in [5.41, 5.74) is -3.75. The molecule has 39 heavy (non-hydrogen) atoms. The Balaban J connectivity index is 1.17. The number of hydrogen-bond acceptors (Lipinski definition) is 7. The van der Waals surface area contributed by atoms with E-state index < -0.39 is 41.7 Å². The number of anilines is 1. The number of thiazole rings is 1. The molecule has 2 fully saturated rings. The summed E-state index contributed by atoms with van der Waals surface area (Å²) in [5, 5.41) is 18.6. The standard InChI is InChI=1S/C25H25F6N5O2S/c26-24(27,28)14-1-2-18-17(9-14)19(10-20(35-18)25(29,30)31)33-11-21(37)34-15-12-36(13-15)16-3-5-23(38,6-4-16)22-32-7-8-39-22/h1-2,7-10,15-16,38H,3-6,11-13H2,(H,33,35)(H,34,37). The second kappa shape index (κ2) is 10.2. The molecular weight excluding hydrogens is 548 g/mol. The molecule has 0 bridgehead atoms. The Morgan fingerprint density at radius 3 is 2.44 bits per heavy atom. The Bertz CT molecular complexity index is 1330. The van der Waals surface area contributed by atoms with Crippen LogP contribution in [0.1, 0.15) is 41.9 Å². The molecule has 3 aromatic rings. The number of carbonyl (C=O) groups is 1. The molecule has 210 valence electrons. The zero-order valence-electron chi connectivity index (χ0n) is 20.4. The smallest absolute Gasteiger partial charge is 0.383 e. The molecule has 1 amide bonds. The summed E-state index contributed by atoms with van der Waals surface area (Å²) in [4.78, 5) is 22.4. The lowest BCUT2D eigenvalue weighted by atomic mass is 9.81. The van der Waals surface area contributed by atoms with Crippen LogP contribution in [0.15, 0.2) is 35.8 Å². The normalized spacial score (nSPS) is 23.0. The third-order valence-electron chi connectivity index (χ3n) is 7.27. The van der Waals surface area contributed by atoms with E-state index in [0.717, 1.165) is 23.9 Å². The van der Waals surface area contributed by atoms with E-state index in [0.29, 0.717) is 44.1 Å². The van der Waals surface area contributed by atoms with E-state index in [9.17, 15) is 36.2 Å². The van der Waals surface area contributed by atoms with Crippen molar-refractivity contribution in [2.45, 2.75) is 55.7 Å². The Morgan fingerprint density at radius 1 is 1.10 bits per heavy atom. The molecule has 1 saturated heterocycles. The Kier molecular flexibility index (Phi) is 7.22. The highest BCUT2D eigenvalue weighted by molar-refractivity contribution is 7.09. The van der Waals surface area contributed by atoms with Gasteiger partial charge in [0.05, 0.1) is 23.7 Å². The third kappa shape index (κ3) is 5.97. The summed E-state index contributed by atoms with van der Waals surface area (Å²) in [7, 11) is 0. The van der Waals surface area contributed by atoms with Crippen LogP contribution in [0, 0.1) is 0 Å². The van der Waals surface area contributed by atoms with Gasteiger partial charge in [-0.3, -0.25) is 9.69 Å². The van der Waals surface area contributed by atoms with Crippen LogP contribution in [-0.4, -0.2) is 57.6 Å². The quantitative estimate of drug-likeness (QED) is 0.368. The van der Waals surface area contributed by atoms with Gasteiger partial charge in [-0.15, -0.1) is 11.3 Å². The van der Waals surface area contributed by atoms with Crippen LogP contribution in [0.5, 0.6) is 0 Å². The molecule has 2 aliphatic rings. The van der Waals surface area contributed by atoms with Crippen molar-refractivity contribution < 1.29 is 36.2 Å². The van der Waals surface area contributed by atoms with Gasteiger partial charge < -0.3 is 15.7 Å². The number of likely N-dealkylation sites (tertiary alicyclic amines) is 1. The maximum atomic E-state index is 13.3. The fraction of sp³-hybridized carbons (Fsp3) is 0.480. The number of rotatable bonds is 6. The molecule has 14 heteroatoms. The van der Waals surface area contributed by atoms with Crippen molar-refractivity contribution >= 4 is 33.8 Å². The van der Waals surface area contributed by atoms with Crippen molar-refractivity contribution in [2.75, 3.05) is 25.0 Å². The number of nitrogens with one attached hydrogen (secondary N) is 2. The molecule has 0 atom stereocenters. The zero-order valence-corrected chi connectivity index (χ0v) is 21.3. The number of halogens is 6. The third-order valence-corrected chi connectivity index (χ3v) is 8.24. The van der Waals surface area contributed by atoms with E-state index in [-0.39, 0.29) is 28.7 Å². The summed E-state index contributed by atoms with van der Waals surface area (Å²) in [6.07, 6.45) is -5.08. The molecule has 7 nitrogen and oxygen atoms in total. The second-order valence-electron chi connectivity index (χ2n) is 9.95. The average molecular weight is 574 g/mol. The van der Waals surface area contributed by atoms with Crippen LogP contribution in [0.4, 0.5) is 32.0 Å². The van der Waals surface area contributed by atoms with Crippen molar-refractivity contribution in [3.05, 3.63) is 52.1 Å². The molecule has 0 spiro atoms. The zero-order chi connectivity index (χ0) is 28.0. The fourth-order valence-corrected chi connectivity index (χ4v) is 5.96. The number of amides is 1. The van der Waals surface area contributed by atoms with Crippen molar-refractivity contribution in [1.82, 2.24) is 20.2 Å². The van der Waals surface area contributed by atoms with Crippen molar-refractivity contribution in [3.63, 3.8) is 0 Å². The monoisotopic (exact) mass is 573 g/mol. The number of hydrogen-bond donors (Lipinski definition) is 3. The number of nitrogens with zero attached hydrogens (tertiary/aromatic N) is 3. The highest BCUT2D eigenvalue weighted by Gasteiger charge is 2.41. The van der Waals surface area contributed by atoms with Crippen LogP contribution in [0.25, 0.3) is 10.9 Å². The highest BCUT2D eigenvalue weighted by atomic mass is 32.1. The summed E-state index contributed by atoms with van der Waals surface area (Å²) in [6, 6.07) is 2.98. The number of aliphatic hydroxyl groups is 1. The number of fused-ring (bicyclic) bond motifs is 1. The van der Waals surface area contributed by atoms with Crippen molar-refractivity contribution in [3.8, 4) is 0 Å². The topological polar surface area (TPSA) is 90.4 Å². The van der Waals surface area contributed by atoms with Crippen molar-refractivity contribution in [1.29, 1.82) is 0 Å². The maximum Gasteiger partial charge on any atom is 0.433 e. The first-order chi connectivity index (χ1) is 18.3. The van der Waals surface area contributed by atoms with Crippen LogP contribution >= 0.6 is 11.3 Å². The largest absolute Gasteiger partial charge is 0.433 e. The minimum absolute atomic E-state index is 0.157. The van der Waals surface area contributed by atoms with E-state index in [4.69, 9.17) is 0 Å². The summed E-state index contributed by atoms with van der Waals surface area (Å²) >= 11 is 1.43. The number of alkyl halides is 6. The van der Waals surface area contributed by atoms with Crippen molar-refractivity contribution in [2.24, 2.45) is 0 Å². The van der Waals surface area contributed by atoms with Gasteiger partial charge in [-0.25, -0.2) is 9.97 Å². The first-order valence-corrected chi connectivity index (χ1v) is 13.2. The molecule has 1 saturated carbocycles. The van der Waals surface area contributed by atoms with E-state index in [1.165, 1.54) is 11.3 Å². The predicted octanol–water partition coefficient (Wildman–Crippen LogP) is 4.77. The molecule has 1 aromatic carbocycles. The first kappa shape index (κ1) is 27.6. The fourth-order valence-electron chi connectivity index (χ4n) is 5.16. The van der Waals surface area contributed by atoms with Gasteiger partial charge in [0, 0.05) is 41.8 Å². The summed E-state index contributed by atoms with van der Waals surface area (Å²) in [5.74, 6) is -0.494. The number of aromatic nitrogens is 2. The lowest BCUT2D eigenvalue weighted by Gasteiger charge is -2.47. The van der Waals surface area contributed by atoms with Crippen LogP contribution in [-0.2, 0) is 22.7 Å². The van der Waals surface area contributed by atoms with Gasteiger partial charge in [-0.2, -0.15) is 26.3 Å². The van der Waals surface area contributed by atoms with Gasteiger partial charge in [0.2, 0.25) is 5.91 Å². The SMILES string of the molecule is O=C(CNc1cc(C(F)(F)F)nc2ccc(C(F)(F)F)cc12)NC1CN(C2CCC(O)(c3nccs3)CC2)C1. The van der Waals surface area contributed by atoms with Gasteiger partial charge in [0.15, 0.2) is 0 Å². The Hall–Kier alpha value is -2.97. The molecule has 1 aliphatic heterocycles. The molecule has 1 aliphatic carbocycles. The van der Waals surface area contributed by atoms with Crippen LogP contribution in [0.3, 0.4) is 0 Å². The number of pyridine rings is 1. The van der Waals surface area contributed by atoms with E-state index in [1.807, 2.05) is 5.38 Å². The lowest BCUT2D eigenvalue weighted by molar-refractivity contribution is -0.141. The maximum absolute atomic E-state index is 13.3. The average Bonchev–Trinajstić information content (AvgIpc) is 3.40. The molecule has 0 radical (unpaired) electrons. The first-order valence-electron chi connectivity index (χ1n) is 12.3. The molecule has 3 N–H and O–H groups in total. The molecular formula is C25H25F6N5O2S. The Labute approximate surface area is 223 Å². The summed E-state index contributed by atoms with van der Waals surface area (Å²) < 4.78 is 79.5. The summed E-state index contributed by atoms with van der Waals surface area (Å²) in [6.45, 7) is 0.766. The molecule has 2 aromatic heterocycles. The van der Waals surface area contributed by atoms with E-state index in [1.54, 1.807) is 6.20 Å². The van der Waals surface area contributed by atoms with Crippen LogP contribution in [0.2, 0.25) is 0 Å². The Morgan fingerprint density at radius 2 is 1.82 bits per heavy atom. The predicted molar refractivity (Wildman–Crippen MR) is 132 cm³/mol. The van der Waals surface area contributed by atoms with Gasteiger partial charge in [-0.05, 0) is 49.9 Å².